The van der Waals surface area contributed by atoms with Gasteiger partial charge in [0, 0.05) is 22.8 Å². The standard InChI is InChI=1S/C10H6ClF3N2O/c1-5-8(10(12,13)14)15-7-4-6(11)2-3-16(7)9(5)17/h2-4H,1H3. The first-order valence-electron chi connectivity index (χ1n) is 4.56. The van der Waals surface area contributed by atoms with Crippen LogP contribution in [0.2, 0.25) is 5.02 Å². The van der Waals surface area contributed by atoms with Gasteiger partial charge in [-0.25, -0.2) is 4.98 Å². The Hall–Kier alpha value is -1.56. The maximum Gasteiger partial charge on any atom is 0.433 e. The molecule has 0 saturated heterocycles. The molecule has 2 heterocycles. The van der Waals surface area contributed by atoms with Gasteiger partial charge in [0.25, 0.3) is 5.56 Å². The number of rotatable bonds is 0. The molecule has 7 heteroatoms. The molecule has 0 atom stereocenters. The van der Waals surface area contributed by atoms with Gasteiger partial charge in [-0.05, 0) is 13.0 Å². The quantitative estimate of drug-likeness (QED) is 0.731. The molecular formula is C10H6ClF3N2O. The van der Waals surface area contributed by atoms with Gasteiger partial charge in [0.15, 0.2) is 5.69 Å². The fourth-order valence-corrected chi connectivity index (χ4v) is 1.63. The molecule has 0 radical (unpaired) electrons. The van der Waals surface area contributed by atoms with Crippen molar-refractivity contribution in [3.8, 4) is 0 Å². The Kier molecular flexibility index (Phi) is 2.61. The van der Waals surface area contributed by atoms with Crippen LogP contribution in [-0.2, 0) is 6.18 Å². The average Bonchev–Trinajstić information content (AvgIpc) is 2.21. The van der Waals surface area contributed by atoms with Crippen LogP contribution in [0.25, 0.3) is 5.65 Å². The number of fused-ring (bicyclic) bond motifs is 1. The summed E-state index contributed by atoms with van der Waals surface area (Å²) in [5, 5.41) is 0.217. The van der Waals surface area contributed by atoms with E-state index in [4.69, 9.17) is 11.6 Å². The molecule has 0 spiro atoms. The Bertz CT molecular complexity index is 648. The van der Waals surface area contributed by atoms with Crippen LogP contribution in [0.1, 0.15) is 11.3 Å². The van der Waals surface area contributed by atoms with Crippen LogP contribution in [0.5, 0.6) is 0 Å². The third-order valence-corrected chi connectivity index (χ3v) is 2.52. The van der Waals surface area contributed by atoms with Crippen molar-refractivity contribution in [1.82, 2.24) is 9.38 Å². The normalized spacial score (nSPS) is 12.1. The Balaban J connectivity index is 2.91. The molecule has 0 saturated carbocycles. The third kappa shape index (κ3) is 2.00. The number of hydrogen-bond acceptors (Lipinski definition) is 2. The van der Waals surface area contributed by atoms with Crippen LogP contribution in [0.3, 0.4) is 0 Å². The van der Waals surface area contributed by atoms with Gasteiger partial charge in [-0.2, -0.15) is 13.2 Å². The second-order valence-electron chi connectivity index (χ2n) is 3.46. The fourth-order valence-electron chi connectivity index (χ4n) is 1.48. The molecule has 0 bridgehead atoms. The van der Waals surface area contributed by atoms with E-state index < -0.39 is 23.0 Å². The smallest absolute Gasteiger partial charge is 0.269 e. The van der Waals surface area contributed by atoms with Crippen molar-refractivity contribution in [3.05, 3.63) is 45.0 Å². The maximum absolute atomic E-state index is 12.6. The lowest BCUT2D eigenvalue weighted by atomic mass is 10.2. The summed E-state index contributed by atoms with van der Waals surface area (Å²) in [7, 11) is 0. The summed E-state index contributed by atoms with van der Waals surface area (Å²) in [5.74, 6) is 0. The Labute approximate surface area is 98.5 Å². The van der Waals surface area contributed by atoms with E-state index in [-0.39, 0.29) is 10.7 Å². The molecule has 0 amide bonds. The summed E-state index contributed by atoms with van der Waals surface area (Å²) in [6.45, 7) is 1.10. The van der Waals surface area contributed by atoms with Gasteiger partial charge in [-0.15, -0.1) is 0 Å². The number of halogens is 4. The van der Waals surface area contributed by atoms with E-state index in [1.165, 1.54) is 18.3 Å². The molecule has 0 unspecified atom stereocenters. The molecular weight excluding hydrogens is 257 g/mol. The van der Waals surface area contributed by atoms with Gasteiger partial charge in [0.2, 0.25) is 0 Å². The van der Waals surface area contributed by atoms with Gasteiger partial charge in [0.1, 0.15) is 5.65 Å². The summed E-state index contributed by atoms with van der Waals surface area (Å²) in [5.41, 5.74) is -2.48. The lowest BCUT2D eigenvalue weighted by Gasteiger charge is -2.10. The highest BCUT2D eigenvalue weighted by atomic mass is 35.5. The summed E-state index contributed by atoms with van der Waals surface area (Å²) in [6.07, 6.45) is -3.36. The molecule has 90 valence electrons. The van der Waals surface area contributed by atoms with Crippen LogP contribution in [0, 0.1) is 6.92 Å². The summed E-state index contributed by atoms with van der Waals surface area (Å²) in [4.78, 5) is 15.1. The van der Waals surface area contributed by atoms with Crippen molar-refractivity contribution >= 4 is 17.2 Å². The Morgan fingerprint density at radius 3 is 2.65 bits per heavy atom. The number of pyridine rings is 1. The first-order chi connectivity index (χ1) is 7.80. The number of aromatic nitrogens is 2. The van der Waals surface area contributed by atoms with Crippen molar-refractivity contribution in [2.45, 2.75) is 13.1 Å². The summed E-state index contributed by atoms with van der Waals surface area (Å²) in [6, 6.07) is 2.61. The summed E-state index contributed by atoms with van der Waals surface area (Å²) >= 11 is 5.64. The van der Waals surface area contributed by atoms with E-state index in [2.05, 4.69) is 4.98 Å². The minimum absolute atomic E-state index is 0.125. The Morgan fingerprint density at radius 1 is 1.41 bits per heavy atom. The van der Waals surface area contributed by atoms with E-state index in [0.717, 1.165) is 11.3 Å². The van der Waals surface area contributed by atoms with Crippen LogP contribution < -0.4 is 5.56 Å². The molecule has 0 fully saturated rings. The zero-order chi connectivity index (χ0) is 12.8. The molecule has 3 nitrogen and oxygen atoms in total. The van der Waals surface area contributed by atoms with Crippen molar-refractivity contribution in [2.75, 3.05) is 0 Å². The van der Waals surface area contributed by atoms with Crippen LogP contribution >= 0.6 is 11.6 Å². The lowest BCUT2D eigenvalue weighted by Crippen LogP contribution is -2.24. The SMILES string of the molecule is Cc1c(C(F)(F)F)nc2cc(Cl)ccn2c1=O. The van der Waals surface area contributed by atoms with Crippen molar-refractivity contribution in [2.24, 2.45) is 0 Å². The zero-order valence-electron chi connectivity index (χ0n) is 8.55. The van der Waals surface area contributed by atoms with Crippen LogP contribution in [-0.4, -0.2) is 9.38 Å². The molecule has 2 aromatic heterocycles. The first-order valence-corrected chi connectivity index (χ1v) is 4.94. The van der Waals surface area contributed by atoms with E-state index in [1.54, 1.807) is 0 Å². The largest absolute Gasteiger partial charge is 0.433 e. The van der Waals surface area contributed by atoms with E-state index in [0.29, 0.717) is 0 Å². The van der Waals surface area contributed by atoms with Crippen molar-refractivity contribution in [1.29, 1.82) is 0 Å². The molecule has 17 heavy (non-hydrogen) atoms. The first kappa shape index (κ1) is 11.9. The molecule has 2 rings (SSSR count). The molecule has 0 N–H and O–H groups in total. The second kappa shape index (κ2) is 3.73. The second-order valence-corrected chi connectivity index (χ2v) is 3.90. The van der Waals surface area contributed by atoms with E-state index in [1.807, 2.05) is 0 Å². The fraction of sp³-hybridized carbons (Fsp3) is 0.200. The van der Waals surface area contributed by atoms with Gasteiger partial charge >= 0.3 is 6.18 Å². The maximum atomic E-state index is 12.6. The van der Waals surface area contributed by atoms with Crippen LogP contribution in [0.15, 0.2) is 23.1 Å². The molecule has 2 aromatic rings. The van der Waals surface area contributed by atoms with Gasteiger partial charge in [-0.3, -0.25) is 9.20 Å². The Morgan fingerprint density at radius 2 is 2.06 bits per heavy atom. The minimum Gasteiger partial charge on any atom is -0.269 e. The predicted octanol–water partition coefficient (Wildman–Crippen LogP) is 2.68. The average molecular weight is 263 g/mol. The topological polar surface area (TPSA) is 34.4 Å². The summed E-state index contributed by atoms with van der Waals surface area (Å²) < 4.78 is 38.9. The van der Waals surface area contributed by atoms with Gasteiger partial charge in [-0.1, -0.05) is 11.6 Å². The van der Waals surface area contributed by atoms with E-state index in [9.17, 15) is 18.0 Å². The predicted molar refractivity (Wildman–Crippen MR) is 56.2 cm³/mol. The van der Waals surface area contributed by atoms with Gasteiger partial charge in [0.05, 0.1) is 0 Å². The molecule has 0 aromatic carbocycles. The monoisotopic (exact) mass is 262 g/mol. The molecule has 0 aliphatic heterocycles. The molecule has 0 aliphatic carbocycles. The van der Waals surface area contributed by atoms with Crippen molar-refractivity contribution < 1.29 is 13.2 Å². The zero-order valence-corrected chi connectivity index (χ0v) is 9.30. The van der Waals surface area contributed by atoms with E-state index >= 15 is 0 Å². The minimum atomic E-state index is -4.65. The van der Waals surface area contributed by atoms with Gasteiger partial charge < -0.3 is 0 Å². The number of alkyl halides is 3. The number of nitrogens with zero attached hydrogens (tertiary/aromatic N) is 2. The third-order valence-electron chi connectivity index (χ3n) is 2.29. The van der Waals surface area contributed by atoms with Crippen LogP contribution in [0.4, 0.5) is 13.2 Å². The molecule has 0 aliphatic rings. The highest BCUT2D eigenvalue weighted by molar-refractivity contribution is 6.30. The van der Waals surface area contributed by atoms with Crippen molar-refractivity contribution in [3.63, 3.8) is 0 Å². The highest BCUT2D eigenvalue weighted by Crippen LogP contribution is 2.29. The highest BCUT2D eigenvalue weighted by Gasteiger charge is 2.36. The lowest BCUT2D eigenvalue weighted by molar-refractivity contribution is -0.141. The number of hydrogen-bond donors (Lipinski definition) is 0.